The molecule has 210 valence electrons. The number of carboxylic acid groups (broad SMARTS) is 2. The Morgan fingerprint density at radius 2 is 1.32 bits per heavy atom. The molecule has 0 aliphatic rings. The SMILES string of the molecule is CC(C)CC(NC(=O)C(CCCN=C(N)N)NC(=O)C(CCC(=O)O)NC(=O)C(N)CC(N)=O)C(=O)O. The zero-order valence-electron chi connectivity index (χ0n) is 20.9. The zero-order chi connectivity index (χ0) is 28.7. The van der Waals surface area contributed by atoms with Gasteiger partial charge in [-0.1, -0.05) is 13.8 Å². The number of rotatable bonds is 18. The topological polar surface area (TPSA) is 295 Å². The van der Waals surface area contributed by atoms with Gasteiger partial charge in [0.05, 0.1) is 12.5 Å². The van der Waals surface area contributed by atoms with Gasteiger partial charge in [0, 0.05) is 13.0 Å². The zero-order valence-corrected chi connectivity index (χ0v) is 20.9. The number of carbonyl (C=O) groups is 6. The maximum atomic E-state index is 13.0. The molecule has 0 rings (SSSR count). The maximum Gasteiger partial charge on any atom is 0.326 e. The molecule has 16 nitrogen and oxygen atoms in total. The second-order valence-corrected chi connectivity index (χ2v) is 8.81. The fraction of sp³-hybridized carbons (Fsp3) is 0.667. The Bertz CT molecular complexity index is 859. The molecule has 0 saturated carbocycles. The lowest BCUT2D eigenvalue weighted by molar-refractivity contribution is -0.142. The first-order valence-electron chi connectivity index (χ1n) is 11.6. The van der Waals surface area contributed by atoms with Crippen molar-refractivity contribution in [3.8, 4) is 0 Å². The van der Waals surface area contributed by atoms with Crippen LogP contribution in [0.5, 0.6) is 0 Å². The molecule has 0 spiro atoms. The van der Waals surface area contributed by atoms with Crippen LogP contribution in [0.4, 0.5) is 0 Å². The minimum Gasteiger partial charge on any atom is -0.481 e. The van der Waals surface area contributed by atoms with Crippen LogP contribution in [0.2, 0.25) is 0 Å². The van der Waals surface area contributed by atoms with Gasteiger partial charge in [0.25, 0.3) is 0 Å². The molecule has 0 bridgehead atoms. The Hall–Kier alpha value is -3.95. The summed E-state index contributed by atoms with van der Waals surface area (Å²) < 4.78 is 0. The third kappa shape index (κ3) is 14.9. The summed E-state index contributed by atoms with van der Waals surface area (Å²) in [7, 11) is 0. The Morgan fingerprint density at radius 3 is 1.78 bits per heavy atom. The van der Waals surface area contributed by atoms with E-state index < -0.39 is 72.6 Å². The predicted molar refractivity (Wildman–Crippen MR) is 131 cm³/mol. The van der Waals surface area contributed by atoms with Crippen molar-refractivity contribution >= 4 is 41.5 Å². The van der Waals surface area contributed by atoms with Crippen LogP contribution in [0.3, 0.4) is 0 Å². The molecule has 4 atom stereocenters. The van der Waals surface area contributed by atoms with E-state index in [1.807, 2.05) is 0 Å². The van der Waals surface area contributed by atoms with Crippen molar-refractivity contribution in [1.82, 2.24) is 16.0 Å². The summed E-state index contributed by atoms with van der Waals surface area (Å²) in [5, 5.41) is 25.5. The van der Waals surface area contributed by atoms with Gasteiger partial charge in [0.2, 0.25) is 23.6 Å². The molecule has 37 heavy (non-hydrogen) atoms. The first-order chi connectivity index (χ1) is 17.1. The number of nitrogens with one attached hydrogen (secondary N) is 3. The van der Waals surface area contributed by atoms with E-state index in [4.69, 9.17) is 28.0 Å². The van der Waals surface area contributed by atoms with Crippen molar-refractivity contribution in [2.75, 3.05) is 6.54 Å². The third-order valence-corrected chi connectivity index (χ3v) is 4.94. The van der Waals surface area contributed by atoms with Gasteiger partial charge < -0.3 is 49.1 Å². The minimum absolute atomic E-state index is 0.0108. The first-order valence-corrected chi connectivity index (χ1v) is 11.6. The van der Waals surface area contributed by atoms with Crippen molar-refractivity contribution in [3.05, 3.63) is 0 Å². The summed E-state index contributed by atoms with van der Waals surface area (Å²) in [5.41, 5.74) is 21.2. The number of primary amides is 1. The van der Waals surface area contributed by atoms with E-state index >= 15 is 0 Å². The molecular formula is C21H38N8O8. The Labute approximate surface area is 214 Å². The van der Waals surface area contributed by atoms with Crippen molar-refractivity contribution < 1.29 is 39.0 Å². The fourth-order valence-corrected chi connectivity index (χ4v) is 3.13. The largest absolute Gasteiger partial charge is 0.481 e. The quantitative estimate of drug-likeness (QED) is 0.0480. The van der Waals surface area contributed by atoms with Crippen LogP contribution in [0.15, 0.2) is 4.99 Å². The molecule has 0 aliphatic carbocycles. The molecule has 13 N–H and O–H groups in total. The summed E-state index contributed by atoms with van der Waals surface area (Å²) in [5.74, 6) is -6.27. The molecule has 16 heteroatoms. The molecule has 0 aromatic heterocycles. The van der Waals surface area contributed by atoms with Gasteiger partial charge in [0.15, 0.2) is 5.96 Å². The smallest absolute Gasteiger partial charge is 0.326 e. The average molecular weight is 531 g/mol. The highest BCUT2D eigenvalue weighted by Crippen LogP contribution is 2.08. The number of amides is 4. The average Bonchev–Trinajstić information content (AvgIpc) is 2.76. The van der Waals surface area contributed by atoms with E-state index in [9.17, 15) is 33.9 Å². The number of carbonyl (C=O) groups excluding carboxylic acids is 4. The molecule has 0 heterocycles. The van der Waals surface area contributed by atoms with E-state index in [1.165, 1.54) is 0 Å². The molecule has 0 aromatic carbocycles. The Morgan fingerprint density at radius 1 is 0.811 bits per heavy atom. The Kier molecular flexibility index (Phi) is 14.9. The molecule has 0 saturated heterocycles. The molecule has 4 amide bonds. The van der Waals surface area contributed by atoms with Crippen LogP contribution in [-0.2, 0) is 28.8 Å². The lowest BCUT2D eigenvalue weighted by Gasteiger charge is -2.25. The number of nitrogens with two attached hydrogens (primary N) is 4. The summed E-state index contributed by atoms with van der Waals surface area (Å²) in [6.45, 7) is 3.65. The van der Waals surface area contributed by atoms with Crippen molar-refractivity contribution in [1.29, 1.82) is 0 Å². The van der Waals surface area contributed by atoms with E-state index in [1.54, 1.807) is 13.8 Å². The first kappa shape index (κ1) is 33.0. The van der Waals surface area contributed by atoms with E-state index in [-0.39, 0.29) is 44.1 Å². The van der Waals surface area contributed by atoms with Gasteiger partial charge in [0.1, 0.15) is 18.1 Å². The van der Waals surface area contributed by atoms with Crippen molar-refractivity contribution in [2.24, 2.45) is 33.8 Å². The van der Waals surface area contributed by atoms with Gasteiger partial charge >= 0.3 is 11.9 Å². The van der Waals surface area contributed by atoms with Crippen LogP contribution in [-0.4, -0.2) is 82.5 Å². The molecule has 4 unspecified atom stereocenters. The maximum absolute atomic E-state index is 13.0. The second-order valence-electron chi connectivity index (χ2n) is 8.81. The van der Waals surface area contributed by atoms with E-state index in [0.29, 0.717) is 0 Å². The monoisotopic (exact) mass is 530 g/mol. The van der Waals surface area contributed by atoms with Crippen LogP contribution < -0.4 is 38.9 Å². The predicted octanol–water partition coefficient (Wildman–Crippen LogP) is -3.31. The highest BCUT2D eigenvalue weighted by Gasteiger charge is 2.31. The Balaban J connectivity index is 5.72. The number of guanidine groups is 1. The minimum atomic E-state index is -1.43. The van der Waals surface area contributed by atoms with Gasteiger partial charge in [-0.2, -0.15) is 0 Å². The van der Waals surface area contributed by atoms with Crippen LogP contribution in [0, 0.1) is 5.92 Å². The van der Waals surface area contributed by atoms with Crippen molar-refractivity contribution in [2.45, 2.75) is 76.5 Å². The summed E-state index contributed by atoms with van der Waals surface area (Å²) >= 11 is 0. The normalized spacial score (nSPS) is 13.9. The van der Waals surface area contributed by atoms with Gasteiger partial charge in [-0.15, -0.1) is 0 Å². The third-order valence-electron chi connectivity index (χ3n) is 4.94. The van der Waals surface area contributed by atoms with Crippen LogP contribution in [0.25, 0.3) is 0 Å². The number of aliphatic imine (C=N–C) groups is 1. The van der Waals surface area contributed by atoms with Gasteiger partial charge in [-0.25, -0.2) is 4.79 Å². The van der Waals surface area contributed by atoms with E-state index in [0.717, 1.165) is 0 Å². The summed E-state index contributed by atoms with van der Waals surface area (Å²) in [4.78, 5) is 75.6. The number of carboxylic acids is 2. The number of aliphatic carboxylic acids is 2. The van der Waals surface area contributed by atoms with Crippen LogP contribution >= 0.6 is 0 Å². The number of hydrogen-bond donors (Lipinski definition) is 9. The van der Waals surface area contributed by atoms with Crippen molar-refractivity contribution in [3.63, 3.8) is 0 Å². The highest BCUT2D eigenvalue weighted by molar-refractivity contribution is 5.95. The second kappa shape index (κ2) is 16.7. The lowest BCUT2D eigenvalue weighted by Crippen LogP contribution is -2.57. The number of nitrogens with zero attached hydrogens (tertiary/aromatic N) is 1. The summed E-state index contributed by atoms with van der Waals surface area (Å²) in [6, 6.07) is -5.30. The van der Waals surface area contributed by atoms with Gasteiger partial charge in [-0.3, -0.25) is 29.0 Å². The standard InChI is InChI=1S/C21H38N8O8/c1-10(2)8-14(20(36)37)29-18(34)12(4-3-7-26-21(24)25)28-19(35)13(5-6-16(31)32)27-17(33)11(22)9-15(23)30/h10-14H,3-9,22H2,1-2H3,(H2,23,30)(H,27,33)(H,28,35)(H,29,34)(H,31,32)(H,36,37)(H4,24,25,26). The summed E-state index contributed by atoms with van der Waals surface area (Å²) in [6.07, 6.45) is -1.05. The highest BCUT2D eigenvalue weighted by atomic mass is 16.4. The molecule has 0 fully saturated rings. The van der Waals surface area contributed by atoms with E-state index in [2.05, 4.69) is 20.9 Å². The van der Waals surface area contributed by atoms with Gasteiger partial charge in [-0.05, 0) is 31.6 Å². The molecule has 0 radical (unpaired) electrons. The fourth-order valence-electron chi connectivity index (χ4n) is 3.13. The number of hydrogen-bond acceptors (Lipinski definition) is 8. The lowest BCUT2D eigenvalue weighted by atomic mass is 10.0. The molecular weight excluding hydrogens is 492 g/mol. The molecule has 0 aromatic rings. The molecule has 0 aliphatic heterocycles. The van der Waals surface area contributed by atoms with Crippen LogP contribution in [0.1, 0.15) is 52.4 Å².